The minimum atomic E-state index is -0.766. The molecule has 7 nitrogen and oxygen atoms in total. The number of aromatic nitrogens is 1. The number of nitro groups is 1. The lowest BCUT2D eigenvalue weighted by molar-refractivity contribution is -0.387. The van der Waals surface area contributed by atoms with Gasteiger partial charge in [0.1, 0.15) is 11.6 Å². The average molecular weight is 405 g/mol. The monoisotopic (exact) mass is 405 g/mol. The van der Waals surface area contributed by atoms with Gasteiger partial charge in [-0.2, -0.15) is 5.26 Å². The van der Waals surface area contributed by atoms with E-state index in [0.29, 0.717) is 10.5 Å². The number of carbonyl (C=O) groups excluding carboxylic acids is 1. The van der Waals surface area contributed by atoms with Crippen LogP contribution in [0.1, 0.15) is 12.5 Å². The van der Waals surface area contributed by atoms with Crippen LogP contribution in [0.15, 0.2) is 70.1 Å². The van der Waals surface area contributed by atoms with Crippen LogP contribution in [0, 0.1) is 21.4 Å². The molecular formula is C21H15N3O4S. The second kappa shape index (κ2) is 8.99. The highest BCUT2D eigenvalue weighted by atomic mass is 32.2. The van der Waals surface area contributed by atoms with Gasteiger partial charge >= 0.3 is 5.97 Å². The molecule has 3 rings (SSSR count). The molecule has 0 spiro atoms. The van der Waals surface area contributed by atoms with E-state index in [-0.39, 0.29) is 17.9 Å². The Kier molecular flexibility index (Phi) is 6.22. The minimum Gasteiger partial charge on any atom is -0.462 e. The molecule has 1 aromatic heterocycles. The van der Waals surface area contributed by atoms with Gasteiger partial charge in [0, 0.05) is 22.5 Å². The Labute approximate surface area is 170 Å². The molecule has 8 heteroatoms. The van der Waals surface area contributed by atoms with Gasteiger partial charge in [-0.3, -0.25) is 15.1 Å². The van der Waals surface area contributed by atoms with Crippen LogP contribution in [0.3, 0.4) is 0 Å². The van der Waals surface area contributed by atoms with E-state index in [1.54, 1.807) is 31.3 Å². The van der Waals surface area contributed by atoms with Crippen molar-refractivity contribution in [2.24, 2.45) is 0 Å². The van der Waals surface area contributed by atoms with Gasteiger partial charge in [0.25, 0.3) is 5.69 Å². The molecule has 0 aliphatic carbocycles. The zero-order valence-electron chi connectivity index (χ0n) is 15.4. The summed E-state index contributed by atoms with van der Waals surface area (Å²) in [5.74, 6) is -0.766. The summed E-state index contributed by atoms with van der Waals surface area (Å²) in [6.07, 6.45) is 2.95. The Morgan fingerprint density at radius 2 is 2.07 bits per heavy atom. The quantitative estimate of drug-likeness (QED) is 0.191. The Morgan fingerprint density at radius 1 is 1.28 bits per heavy atom. The Morgan fingerprint density at radius 3 is 2.79 bits per heavy atom. The van der Waals surface area contributed by atoms with Gasteiger partial charge in [0.2, 0.25) is 0 Å². The van der Waals surface area contributed by atoms with Crippen molar-refractivity contribution >= 4 is 40.4 Å². The molecule has 0 N–H and O–H groups in total. The third-order valence-electron chi connectivity index (χ3n) is 3.92. The van der Waals surface area contributed by atoms with Gasteiger partial charge in [0.15, 0.2) is 0 Å². The molecular weight excluding hydrogens is 390 g/mol. The minimum absolute atomic E-state index is 0.127. The standard InChI is InChI=1S/C21H15N3O4S/c1-2-28-21(25)16(13-22)11-14-8-9-18(17(12-14)24(26)27)29-19-7-3-5-15-6-4-10-23-20(15)19/h3-12H,2H2,1H3/b16-11+. The second-order valence-corrected chi connectivity index (χ2v) is 6.89. The van der Waals surface area contributed by atoms with Crippen molar-refractivity contribution in [1.82, 2.24) is 4.98 Å². The SMILES string of the molecule is CCOC(=O)/C(C#N)=C/c1ccc(Sc2cccc3cccnc23)c([N+](=O)[O-])c1. The number of para-hydroxylation sites is 1. The number of ether oxygens (including phenoxy) is 1. The smallest absolute Gasteiger partial charge is 0.348 e. The number of hydrogen-bond donors (Lipinski definition) is 0. The first-order valence-corrected chi connectivity index (χ1v) is 9.44. The fraction of sp³-hybridized carbons (Fsp3) is 0.0952. The molecule has 3 aromatic rings. The first kappa shape index (κ1) is 20.0. The summed E-state index contributed by atoms with van der Waals surface area (Å²) in [4.78, 5) is 28.5. The predicted octanol–water partition coefficient (Wildman–Crippen LogP) is 4.76. The third kappa shape index (κ3) is 4.59. The van der Waals surface area contributed by atoms with Crippen molar-refractivity contribution < 1.29 is 14.5 Å². The van der Waals surface area contributed by atoms with E-state index in [0.717, 1.165) is 15.8 Å². The van der Waals surface area contributed by atoms with Gasteiger partial charge < -0.3 is 4.74 Å². The van der Waals surface area contributed by atoms with Crippen LogP contribution < -0.4 is 0 Å². The van der Waals surface area contributed by atoms with Crippen LogP contribution in [-0.4, -0.2) is 22.5 Å². The van der Waals surface area contributed by atoms with E-state index in [9.17, 15) is 14.9 Å². The molecule has 0 saturated carbocycles. The molecule has 1 heterocycles. The van der Waals surface area contributed by atoms with E-state index in [1.165, 1.54) is 23.9 Å². The lowest BCUT2D eigenvalue weighted by Crippen LogP contribution is -2.06. The molecule has 0 atom stereocenters. The van der Waals surface area contributed by atoms with E-state index >= 15 is 0 Å². The Bertz CT molecular complexity index is 1160. The zero-order valence-corrected chi connectivity index (χ0v) is 16.2. The molecule has 0 amide bonds. The summed E-state index contributed by atoms with van der Waals surface area (Å²) in [5.41, 5.74) is 0.770. The normalized spacial score (nSPS) is 11.1. The van der Waals surface area contributed by atoms with Crippen LogP contribution in [-0.2, 0) is 9.53 Å². The van der Waals surface area contributed by atoms with Crippen molar-refractivity contribution in [2.75, 3.05) is 6.61 Å². The summed E-state index contributed by atoms with van der Waals surface area (Å²) in [7, 11) is 0. The molecule has 0 unspecified atom stereocenters. The van der Waals surface area contributed by atoms with Gasteiger partial charge in [-0.1, -0.05) is 36.0 Å². The van der Waals surface area contributed by atoms with Gasteiger partial charge in [-0.25, -0.2) is 4.79 Å². The molecule has 0 fully saturated rings. The van der Waals surface area contributed by atoms with Gasteiger partial charge in [-0.15, -0.1) is 0 Å². The average Bonchev–Trinajstić information content (AvgIpc) is 2.73. The molecule has 29 heavy (non-hydrogen) atoms. The number of nitrogens with zero attached hydrogens (tertiary/aromatic N) is 3. The zero-order chi connectivity index (χ0) is 20.8. The number of fused-ring (bicyclic) bond motifs is 1. The lowest BCUT2D eigenvalue weighted by atomic mass is 10.1. The molecule has 0 radical (unpaired) electrons. The maximum atomic E-state index is 11.8. The van der Waals surface area contributed by atoms with Crippen molar-refractivity contribution in [3.05, 3.63) is 76.0 Å². The highest BCUT2D eigenvalue weighted by Crippen LogP contribution is 2.38. The number of benzene rings is 2. The summed E-state index contributed by atoms with van der Waals surface area (Å²) in [6, 6.07) is 15.7. The Balaban J connectivity index is 2.00. The summed E-state index contributed by atoms with van der Waals surface area (Å²) in [5, 5.41) is 21.7. The molecule has 2 aromatic carbocycles. The lowest BCUT2D eigenvalue weighted by Gasteiger charge is -2.07. The molecule has 144 valence electrons. The molecule has 0 saturated heterocycles. The number of nitriles is 1. The predicted molar refractivity (Wildman–Crippen MR) is 109 cm³/mol. The van der Waals surface area contributed by atoms with Crippen LogP contribution in [0.25, 0.3) is 17.0 Å². The number of carbonyl (C=O) groups is 1. The van der Waals surface area contributed by atoms with E-state index < -0.39 is 10.9 Å². The van der Waals surface area contributed by atoms with Crippen LogP contribution >= 0.6 is 11.8 Å². The van der Waals surface area contributed by atoms with Crippen LogP contribution in [0.2, 0.25) is 0 Å². The first-order chi connectivity index (χ1) is 14.0. The van der Waals surface area contributed by atoms with Crippen molar-refractivity contribution in [3.63, 3.8) is 0 Å². The number of hydrogen-bond acceptors (Lipinski definition) is 7. The van der Waals surface area contributed by atoms with Crippen molar-refractivity contribution in [1.29, 1.82) is 5.26 Å². The largest absolute Gasteiger partial charge is 0.462 e. The maximum Gasteiger partial charge on any atom is 0.348 e. The highest BCUT2D eigenvalue weighted by molar-refractivity contribution is 7.99. The number of nitro benzene ring substituents is 1. The Hall–Kier alpha value is -3.70. The fourth-order valence-electron chi connectivity index (χ4n) is 2.64. The summed E-state index contributed by atoms with van der Waals surface area (Å²) < 4.78 is 4.81. The number of rotatable bonds is 6. The van der Waals surface area contributed by atoms with E-state index in [1.807, 2.05) is 30.3 Å². The van der Waals surface area contributed by atoms with Crippen LogP contribution in [0.5, 0.6) is 0 Å². The van der Waals surface area contributed by atoms with Gasteiger partial charge in [-0.05, 0) is 36.8 Å². The van der Waals surface area contributed by atoms with Crippen molar-refractivity contribution in [3.8, 4) is 6.07 Å². The molecule has 0 aliphatic heterocycles. The second-order valence-electron chi connectivity index (χ2n) is 5.81. The first-order valence-electron chi connectivity index (χ1n) is 8.62. The van der Waals surface area contributed by atoms with Gasteiger partial charge in [0.05, 0.1) is 21.9 Å². The number of esters is 1. The van der Waals surface area contributed by atoms with Crippen LogP contribution in [0.4, 0.5) is 5.69 Å². The molecule has 0 aliphatic rings. The topological polar surface area (TPSA) is 106 Å². The maximum absolute atomic E-state index is 11.8. The van der Waals surface area contributed by atoms with Crippen molar-refractivity contribution in [2.45, 2.75) is 16.7 Å². The van der Waals surface area contributed by atoms with E-state index in [2.05, 4.69) is 4.98 Å². The fourth-order valence-corrected chi connectivity index (χ4v) is 3.67. The third-order valence-corrected chi connectivity index (χ3v) is 5.04. The summed E-state index contributed by atoms with van der Waals surface area (Å²) >= 11 is 1.24. The number of pyridine rings is 1. The highest BCUT2D eigenvalue weighted by Gasteiger charge is 2.18. The summed E-state index contributed by atoms with van der Waals surface area (Å²) in [6.45, 7) is 1.76. The van der Waals surface area contributed by atoms with E-state index in [4.69, 9.17) is 10.00 Å². The molecule has 0 bridgehead atoms.